The minimum Gasteiger partial charge on any atom is -0.335 e. The predicted octanol–water partition coefficient (Wildman–Crippen LogP) is 8.09. The Morgan fingerprint density at radius 2 is 1.34 bits per heavy atom. The van der Waals surface area contributed by atoms with Gasteiger partial charge in [-0.1, -0.05) is 93.6 Å². The van der Waals surface area contributed by atoms with E-state index in [1.807, 2.05) is 0 Å². The fraction of sp³-hybridized carbons (Fsp3) is 0.368. The molecule has 41 heavy (non-hydrogen) atoms. The lowest BCUT2D eigenvalue weighted by molar-refractivity contribution is 0.193. The van der Waals surface area contributed by atoms with Crippen LogP contribution in [0.2, 0.25) is 0 Å². The van der Waals surface area contributed by atoms with E-state index < -0.39 is 0 Å². The molecule has 2 fully saturated rings. The molecule has 0 saturated heterocycles. The van der Waals surface area contributed by atoms with Crippen molar-refractivity contribution in [2.24, 2.45) is 0 Å². The molecule has 2 aliphatic carbocycles. The average molecular weight is 535 g/mol. The van der Waals surface area contributed by atoms with Gasteiger partial charge in [0.15, 0.2) is 0 Å². The van der Waals surface area contributed by atoms with Crippen LogP contribution in [0.15, 0.2) is 84.9 Å². The predicted molar refractivity (Wildman–Crippen MR) is 174 cm³/mol. The van der Waals surface area contributed by atoms with Crippen LogP contribution in [0, 0.1) is 0 Å². The van der Waals surface area contributed by atoms with Crippen molar-refractivity contribution in [2.75, 3.05) is 9.80 Å². The summed E-state index contributed by atoms with van der Waals surface area (Å²) in [6, 6.07) is 32.5. The Morgan fingerprint density at radius 1 is 0.683 bits per heavy atom. The first-order valence-corrected chi connectivity index (χ1v) is 16.2. The zero-order chi connectivity index (χ0) is 27.3. The fourth-order valence-electron chi connectivity index (χ4n) is 9.92. The third-order valence-corrected chi connectivity index (χ3v) is 12.0. The molecule has 3 heteroatoms. The van der Waals surface area contributed by atoms with Crippen LogP contribution in [-0.2, 0) is 5.41 Å². The molecule has 204 valence electrons. The molecular formula is C38H39BN2. The summed E-state index contributed by atoms with van der Waals surface area (Å²) in [6.07, 6.45) is 12.0. The van der Waals surface area contributed by atoms with Crippen LogP contribution < -0.4 is 26.2 Å². The summed E-state index contributed by atoms with van der Waals surface area (Å²) in [6.45, 7) is 5.53. The lowest BCUT2D eigenvalue weighted by Crippen LogP contribution is -2.64. The molecule has 2 unspecified atom stereocenters. The Hall–Kier alpha value is -3.46. The van der Waals surface area contributed by atoms with Crippen molar-refractivity contribution in [1.29, 1.82) is 0 Å². The van der Waals surface area contributed by atoms with Gasteiger partial charge in [-0.3, -0.25) is 0 Å². The zero-order valence-corrected chi connectivity index (χ0v) is 24.5. The molecule has 2 saturated carbocycles. The normalized spacial score (nSPS) is 25.9. The summed E-state index contributed by atoms with van der Waals surface area (Å²) < 4.78 is 0. The lowest BCUT2D eigenvalue weighted by atomic mass is 9.33. The standard InChI is InChI=1S/C38H39BN2/c1-37-23-13-14-24-38(37,2)41-32-22-12-10-20-30(32)39-29-19-9-11-21-31(29)40(27-17-7-4-8-18-27)33-25-28(26-15-5-3-6-16-26)34(37)36(41)35(33)39/h4,7-12,17-22,25-26H,3,5-6,13-16,23-24H2,1-2H3. The fourth-order valence-corrected chi connectivity index (χ4v) is 9.92. The Kier molecular flexibility index (Phi) is 5.03. The van der Waals surface area contributed by atoms with Crippen LogP contribution in [0.3, 0.4) is 0 Å². The molecule has 0 N–H and O–H groups in total. The summed E-state index contributed by atoms with van der Waals surface area (Å²) >= 11 is 0. The highest BCUT2D eigenvalue weighted by atomic mass is 15.3. The van der Waals surface area contributed by atoms with Crippen LogP contribution in [-0.4, -0.2) is 12.3 Å². The topological polar surface area (TPSA) is 6.48 Å². The van der Waals surface area contributed by atoms with Crippen LogP contribution in [0.25, 0.3) is 0 Å². The number of benzene rings is 4. The molecular weight excluding hydrogens is 495 g/mol. The first-order chi connectivity index (χ1) is 20.1. The molecule has 0 radical (unpaired) electrons. The van der Waals surface area contributed by atoms with Crippen LogP contribution in [0.1, 0.15) is 88.7 Å². The molecule has 2 nitrogen and oxygen atoms in total. The van der Waals surface area contributed by atoms with E-state index in [9.17, 15) is 0 Å². The third-order valence-electron chi connectivity index (χ3n) is 12.0. The first kappa shape index (κ1) is 24.2. The summed E-state index contributed by atoms with van der Waals surface area (Å²) in [7, 11) is 0. The smallest absolute Gasteiger partial charge is 0.252 e. The number of anilines is 5. The van der Waals surface area contributed by atoms with E-state index in [-0.39, 0.29) is 17.7 Å². The second kappa shape index (κ2) is 8.54. The maximum Gasteiger partial charge on any atom is 0.252 e. The molecule has 0 aromatic heterocycles. The second-order valence-corrected chi connectivity index (χ2v) is 13.8. The van der Waals surface area contributed by atoms with Gasteiger partial charge in [-0.2, -0.15) is 0 Å². The highest BCUT2D eigenvalue weighted by molar-refractivity contribution is 7.00. The number of nitrogens with zero attached hydrogens (tertiary/aromatic N) is 2. The minimum atomic E-state index is 0.0851. The molecule has 2 atom stereocenters. The van der Waals surface area contributed by atoms with E-state index in [0.717, 1.165) is 0 Å². The van der Waals surface area contributed by atoms with E-state index in [1.165, 1.54) is 91.5 Å². The van der Waals surface area contributed by atoms with Crippen LogP contribution in [0.4, 0.5) is 28.4 Å². The number of rotatable bonds is 2. The Bertz CT molecular complexity index is 1690. The summed E-state index contributed by atoms with van der Waals surface area (Å²) in [4.78, 5) is 5.49. The van der Waals surface area contributed by atoms with Crippen molar-refractivity contribution in [3.63, 3.8) is 0 Å². The van der Waals surface area contributed by atoms with Gasteiger partial charge >= 0.3 is 0 Å². The monoisotopic (exact) mass is 534 g/mol. The molecule has 5 aliphatic rings. The molecule has 0 amide bonds. The molecule has 3 heterocycles. The van der Waals surface area contributed by atoms with Gasteiger partial charge in [0.05, 0.1) is 5.54 Å². The van der Waals surface area contributed by atoms with E-state index in [4.69, 9.17) is 0 Å². The van der Waals surface area contributed by atoms with Crippen molar-refractivity contribution in [2.45, 2.75) is 88.5 Å². The van der Waals surface area contributed by atoms with Crippen molar-refractivity contribution in [1.82, 2.24) is 0 Å². The van der Waals surface area contributed by atoms with Crippen LogP contribution in [0.5, 0.6) is 0 Å². The minimum absolute atomic E-state index is 0.0851. The summed E-state index contributed by atoms with van der Waals surface area (Å²) in [5.74, 6) is 0.661. The van der Waals surface area contributed by atoms with Gasteiger partial charge < -0.3 is 9.80 Å². The quantitative estimate of drug-likeness (QED) is 0.211. The van der Waals surface area contributed by atoms with E-state index in [1.54, 1.807) is 22.3 Å². The summed E-state index contributed by atoms with van der Waals surface area (Å²) in [5, 5.41) is 0. The van der Waals surface area contributed by atoms with E-state index in [2.05, 4.69) is 109 Å². The van der Waals surface area contributed by atoms with Gasteiger partial charge in [0.25, 0.3) is 6.71 Å². The van der Waals surface area contributed by atoms with Gasteiger partial charge in [0, 0.05) is 33.9 Å². The SMILES string of the molecule is CC12CCCCC1(C)N1c3ccccc3B3c4ccccc4N(c4ccccc4)c4cc(C5CCCCC5)c2c1c43. The van der Waals surface area contributed by atoms with Gasteiger partial charge in [-0.15, -0.1) is 0 Å². The Labute approximate surface area is 245 Å². The van der Waals surface area contributed by atoms with Crippen molar-refractivity contribution < 1.29 is 0 Å². The van der Waals surface area contributed by atoms with Crippen molar-refractivity contribution >= 4 is 51.5 Å². The number of hydrogen-bond acceptors (Lipinski definition) is 2. The second-order valence-electron chi connectivity index (χ2n) is 13.8. The Balaban J connectivity index is 1.45. The first-order valence-electron chi connectivity index (χ1n) is 16.2. The molecule has 9 rings (SSSR count). The highest BCUT2D eigenvalue weighted by Gasteiger charge is 2.62. The van der Waals surface area contributed by atoms with E-state index in [0.29, 0.717) is 5.92 Å². The molecule has 4 aromatic rings. The number of para-hydroxylation sites is 3. The molecule has 0 spiro atoms. The largest absolute Gasteiger partial charge is 0.335 e. The van der Waals surface area contributed by atoms with Gasteiger partial charge in [-0.05, 0) is 96.4 Å². The van der Waals surface area contributed by atoms with E-state index >= 15 is 0 Å². The number of fused-ring (bicyclic) bond motifs is 8. The summed E-state index contributed by atoms with van der Waals surface area (Å²) in [5.41, 5.74) is 15.2. The molecule has 3 aliphatic heterocycles. The number of hydrogen-bond donors (Lipinski definition) is 0. The lowest BCUT2D eigenvalue weighted by Gasteiger charge is -2.52. The van der Waals surface area contributed by atoms with Crippen LogP contribution >= 0.6 is 0 Å². The van der Waals surface area contributed by atoms with Crippen molar-refractivity contribution in [3.05, 3.63) is 96.1 Å². The molecule has 0 bridgehead atoms. The van der Waals surface area contributed by atoms with Gasteiger partial charge in [-0.25, -0.2) is 0 Å². The van der Waals surface area contributed by atoms with Gasteiger partial charge in [0.1, 0.15) is 0 Å². The highest BCUT2D eigenvalue weighted by Crippen LogP contribution is 2.64. The maximum absolute atomic E-state index is 2.88. The molecule has 4 aromatic carbocycles. The van der Waals surface area contributed by atoms with Gasteiger partial charge in [0.2, 0.25) is 0 Å². The van der Waals surface area contributed by atoms with Crippen molar-refractivity contribution in [3.8, 4) is 0 Å². The Morgan fingerprint density at radius 3 is 2.12 bits per heavy atom. The zero-order valence-electron chi connectivity index (χ0n) is 24.5. The third kappa shape index (κ3) is 3.00. The maximum atomic E-state index is 2.88. The average Bonchev–Trinajstić information content (AvgIpc) is 3.25.